The Morgan fingerprint density at radius 2 is 2.23 bits per heavy atom. The SMILES string of the molecule is CCC(F)n1nnc2ccccc21. The first-order valence-electron chi connectivity index (χ1n) is 4.27. The number of para-hydroxylation sites is 1. The van der Waals surface area contributed by atoms with Crippen molar-refractivity contribution in [2.24, 2.45) is 0 Å². The van der Waals surface area contributed by atoms with Gasteiger partial charge in [-0.25, -0.2) is 9.07 Å². The smallest absolute Gasteiger partial charge is 0.193 e. The molecule has 2 aromatic rings. The van der Waals surface area contributed by atoms with Crippen LogP contribution < -0.4 is 0 Å². The maximum absolute atomic E-state index is 13.3. The summed E-state index contributed by atoms with van der Waals surface area (Å²) in [6.45, 7) is 1.78. The molecule has 1 aromatic carbocycles. The highest BCUT2D eigenvalue weighted by atomic mass is 19.1. The Morgan fingerprint density at radius 3 is 3.00 bits per heavy atom. The number of aromatic nitrogens is 3. The molecule has 1 atom stereocenters. The fourth-order valence-electron chi connectivity index (χ4n) is 1.27. The van der Waals surface area contributed by atoms with Gasteiger partial charge < -0.3 is 0 Å². The van der Waals surface area contributed by atoms with Crippen LogP contribution in [0.2, 0.25) is 0 Å². The lowest BCUT2D eigenvalue weighted by Crippen LogP contribution is -2.03. The summed E-state index contributed by atoms with van der Waals surface area (Å²) in [7, 11) is 0. The quantitative estimate of drug-likeness (QED) is 0.708. The average molecular weight is 179 g/mol. The van der Waals surface area contributed by atoms with Gasteiger partial charge in [0, 0.05) is 0 Å². The molecule has 0 aliphatic carbocycles. The largest absolute Gasteiger partial charge is 0.222 e. The van der Waals surface area contributed by atoms with E-state index in [1.807, 2.05) is 24.3 Å². The predicted molar refractivity (Wildman–Crippen MR) is 48.0 cm³/mol. The van der Waals surface area contributed by atoms with Gasteiger partial charge in [0.1, 0.15) is 5.52 Å². The summed E-state index contributed by atoms with van der Waals surface area (Å²) in [5.74, 6) is 0. The van der Waals surface area contributed by atoms with Crippen molar-refractivity contribution in [2.45, 2.75) is 19.6 Å². The highest BCUT2D eigenvalue weighted by Crippen LogP contribution is 2.18. The van der Waals surface area contributed by atoms with Crippen molar-refractivity contribution in [3.05, 3.63) is 24.3 Å². The maximum Gasteiger partial charge on any atom is 0.193 e. The van der Waals surface area contributed by atoms with Crippen LogP contribution in [0.15, 0.2) is 24.3 Å². The van der Waals surface area contributed by atoms with E-state index in [0.717, 1.165) is 11.0 Å². The van der Waals surface area contributed by atoms with Crippen LogP contribution >= 0.6 is 0 Å². The predicted octanol–water partition coefficient (Wildman–Crippen LogP) is 2.31. The van der Waals surface area contributed by atoms with Crippen molar-refractivity contribution in [1.29, 1.82) is 0 Å². The number of benzene rings is 1. The normalized spacial score (nSPS) is 13.4. The molecule has 2 rings (SSSR count). The van der Waals surface area contributed by atoms with Gasteiger partial charge in [0.15, 0.2) is 6.30 Å². The molecule has 13 heavy (non-hydrogen) atoms. The maximum atomic E-state index is 13.3. The van der Waals surface area contributed by atoms with Crippen LogP contribution in [0, 0.1) is 0 Å². The van der Waals surface area contributed by atoms with Gasteiger partial charge in [-0.15, -0.1) is 5.10 Å². The third kappa shape index (κ3) is 1.28. The third-order valence-electron chi connectivity index (χ3n) is 1.98. The topological polar surface area (TPSA) is 30.7 Å². The molecule has 0 aliphatic heterocycles. The van der Waals surface area contributed by atoms with Crippen LogP contribution in [-0.4, -0.2) is 15.0 Å². The molecular weight excluding hydrogens is 169 g/mol. The van der Waals surface area contributed by atoms with Gasteiger partial charge in [-0.05, 0) is 18.6 Å². The van der Waals surface area contributed by atoms with E-state index in [1.165, 1.54) is 4.68 Å². The van der Waals surface area contributed by atoms with E-state index in [2.05, 4.69) is 10.3 Å². The van der Waals surface area contributed by atoms with E-state index in [9.17, 15) is 4.39 Å². The Hall–Kier alpha value is -1.45. The lowest BCUT2D eigenvalue weighted by molar-refractivity contribution is 0.216. The van der Waals surface area contributed by atoms with Crippen LogP contribution in [0.3, 0.4) is 0 Å². The van der Waals surface area contributed by atoms with E-state index >= 15 is 0 Å². The van der Waals surface area contributed by atoms with Gasteiger partial charge in [-0.3, -0.25) is 0 Å². The number of fused-ring (bicyclic) bond motifs is 1. The second kappa shape index (κ2) is 3.12. The first kappa shape index (κ1) is 8.16. The molecule has 1 unspecified atom stereocenters. The van der Waals surface area contributed by atoms with Crippen LogP contribution in [0.25, 0.3) is 11.0 Å². The summed E-state index contributed by atoms with van der Waals surface area (Å²) in [5.41, 5.74) is 1.48. The van der Waals surface area contributed by atoms with Gasteiger partial charge >= 0.3 is 0 Å². The molecule has 0 aliphatic rings. The van der Waals surface area contributed by atoms with Crippen molar-refractivity contribution in [1.82, 2.24) is 15.0 Å². The molecule has 0 saturated heterocycles. The highest BCUT2D eigenvalue weighted by Gasteiger charge is 2.10. The van der Waals surface area contributed by atoms with Crippen molar-refractivity contribution < 1.29 is 4.39 Å². The number of nitrogens with zero attached hydrogens (tertiary/aromatic N) is 3. The Bertz CT molecular complexity index is 410. The monoisotopic (exact) mass is 179 g/mol. The van der Waals surface area contributed by atoms with Gasteiger partial charge in [-0.1, -0.05) is 24.3 Å². The molecular formula is C9H10FN3. The summed E-state index contributed by atoms with van der Waals surface area (Å²) in [5, 5.41) is 7.62. The molecule has 3 nitrogen and oxygen atoms in total. The van der Waals surface area contributed by atoms with Gasteiger partial charge in [-0.2, -0.15) is 0 Å². The van der Waals surface area contributed by atoms with E-state index in [1.54, 1.807) is 6.92 Å². The molecule has 0 bridgehead atoms. The lowest BCUT2D eigenvalue weighted by atomic mass is 10.3. The fraction of sp³-hybridized carbons (Fsp3) is 0.333. The number of hydrogen-bond acceptors (Lipinski definition) is 2. The van der Waals surface area contributed by atoms with E-state index < -0.39 is 6.30 Å². The summed E-state index contributed by atoms with van der Waals surface area (Å²) in [6.07, 6.45) is -0.666. The molecule has 4 heteroatoms. The van der Waals surface area contributed by atoms with Gasteiger partial charge in [0.25, 0.3) is 0 Å². The average Bonchev–Trinajstić information content (AvgIpc) is 2.60. The first-order chi connectivity index (χ1) is 6.33. The minimum absolute atomic E-state index is 0.410. The Balaban J connectivity index is 2.57. The minimum atomic E-state index is -1.08. The van der Waals surface area contributed by atoms with Crippen LogP contribution in [0.1, 0.15) is 19.6 Å². The molecule has 0 fully saturated rings. The molecule has 1 heterocycles. The Morgan fingerprint density at radius 1 is 1.46 bits per heavy atom. The molecule has 0 amide bonds. The van der Waals surface area contributed by atoms with Crippen molar-refractivity contribution in [2.75, 3.05) is 0 Å². The minimum Gasteiger partial charge on any atom is -0.222 e. The zero-order chi connectivity index (χ0) is 9.26. The van der Waals surface area contributed by atoms with Crippen molar-refractivity contribution >= 4 is 11.0 Å². The third-order valence-corrected chi connectivity index (χ3v) is 1.98. The summed E-state index contributed by atoms with van der Waals surface area (Å²) >= 11 is 0. The van der Waals surface area contributed by atoms with Crippen molar-refractivity contribution in [3.63, 3.8) is 0 Å². The number of hydrogen-bond donors (Lipinski definition) is 0. The summed E-state index contributed by atoms with van der Waals surface area (Å²) in [4.78, 5) is 0. The molecule has 0 saturated carbocycles. The van der Waals surface area contributed by atoms with Crippen LogP contribution in [-0.2, 0) is 0 Å². The zero-order valence-corrected chi connectivity index (χ0v) is 7.31. The molecule has 0 radical (unpaired) electrons. The highest BCUT2D eigenvalue weighted by molar-refractivity contribution is 5.73. The van der Waals surface area contributed by atoms with Crippen LogP contribution in [0.4, 0.5) is 4.39 Å². The number of halogens is 1. The number of rotatable bonds is 2. The van der Waals surface area contributed by atoms with E-state index in [-0.39, 0.29) is 0 Å². The van der Waals surface area contributed by atoms with Crippen LogP contribution in [0.5, 0.6) is 0 Å². The number of alkyl halides is 1. The van der Waals surface area contributed by atoms with E-state index in [0.29, 0.717) is 6.42 Å². The fourth-order valence-corrected chi connectivity index (χ4v) is 1.27. The van der Waals surface area contributed by atoms with E-state index in [4.69, 9.17) is 0 Å². The molecule has 0 N–H and O–H groups in total. The molecule has 0 spiro atoms. The molecule has 1 aromatic heterocycles. The second-order valence-corrected chi connectivity index (χ2v) is 2.87. The Kier molecular flexibility index (Phi) is 1.96. The Labute approximate surface area is 75.2 Å². The second-order valence-electron chi connectivity index (χ2n) is 2.87. The van der Waals surface area contributed by atoms with Gasteiger partial charge in [0.05, 0.1) is 5.52 Å². The first-order valence-corrected chi connectivity index (χ1v) is 4.27. The van der Waals surface area contributed by atoms with Crippen molar-refractivity contribution in [3.8, 4) is 0 Å². The standard InChI is InChI=1S/C9H10FN3/c1-2-9(10)13-8-6-4-3-5-7(8)11-12-13/h3-6,9H,2H2,1H3. The lowest BCUT2D eigenvalue weighted by Gasteiger charge is -2.04. The molecule has 68 valence electrons. The summed E-state index contributed by atoms with van der Waals surface area (Å²) in [6, 6.07) is 7.35. The summed E-state index contributed by atoms with van der Waals surface area (Å²) < 4.78 is 14.6. The zero-order valence-electron chi connectivity index (χ0n) is 7.31. The van der Waals surface area contributed by atoms with Gasteiger partial charge in [0.2, 0.25) is 0 Å².